The topological polar surface area (TPSA) is 59.0 Å². The average molecular weight is 353 g/mol. The van der Waals surface area contributed by atoms with E-state index in [4.69, 9.17) is 9.47 Å². The molecule has 1 amide bonds. The fourth-order valence-electron chi connectivity index (χ4n) is 3.83. The zero-order valence-corrected chi connectivity index (χ0v) is 14.9. The minimum absolute atomic E-state index is 0.0761. The molecule has 1 saturated heterocycles. The smallest absolute Gasteiger partial charge is 0.231 e. The van der Waals surface area contributed by atoms with Gasteiger partial charge in [-0.15, -0.1) is 0 Å². The van der Waals surface area contributed by atoms with Gasteiger partial charge in [-0.25, -0.2) is 0 Å². The lowest BCUT2D eigenvalue weighted by atomic mass is 9.89. The third-order valence-electron chi connectivity index (χ3n) is 5.31. The van der Waals surface area contributed by atoms with Gasteiger partial charge >= 0.3 is 0 Å². The van der Waals surface area contributed by atoms with Gasteiger partial charge in [0, 0.05) is 13.0 Å². The predicted molar refractivity (Wildman–Crippen MR) is 97.2 cm³/mol. The van der Waals surface area contributed by atoms with Crippen molar-refractivity contribution >= 4 is 5.91 Å². The monoisotopic (exact) mass is 353 g/mol. The van der Waals surface area contributed by atoms with Crippen molar-refractivity contribution in [3.8, 4) is 11.5 Å². The molecule has 5 heteroatoms. The summed E-state index contributed by atoms with van der Waals surface area (Å²) in [4.78, 5) is 14.4. The van der Waals surface area contributed by atoms with E-state index in [1.807, 2.05) is 49.4 Å². The van der Waals surface area contributed by atoms with E-state index in [1.165, 1.54) is 0 Å². The van der Waals surface area contributed by atoms with Gasteiger partial charge in [0.05, 0.1) is 6.54 Å². The molecular formula is C21H23NO4. The highest BCUT2D eigenvalue weighted by Crippen LogP contribution is 2.35. The number of nitrogens with zero attached hydrogens (tertiary/aromatic N) is 1. The van der Waals surface area contributed by atoms with Crippen molar-refractivity contribution in [1.82, 2.24) is 4.90 Å². The van der Waals surface area contributed by atoms with Crippen LogP contribution in [0.3, 0.4) is 0 Å². The quantitative estimate of drug-likeness (QED) is 0.918. The first-order valence-electron chi connectivity index (χ1n) is 9.00. The summed E-state index contributed by atoms with van der Waals surface area (Å²) in [5.41, 5.74) is 2.09. The van der Waals surface area contributed by atoms with Gasteiger partial charge in [0.15, 0.2) is 11.5 Å². The number of rotatable bonds is 4. The van der Waals surface area contributed by atoms with Crippen LogP contribution in [0.25, 0.3) is 0 Å². The molecule has 0 aliphatic carbocycles. The van der Waals surface area contributed by atoms with Gasteiger partial charge in [-0.2, -0.15) is 0 Å². The van der Waals surface area contributed by atoms with E-state index >= 15 is 0 Å². The van der Waals surface area contributed by atoms with Crippen molar-refractivity contribution in [1.29, 1.82) is 0 Å². The van der Waals surface area contributed by atoms with Gasteiger partial charge in [-0.05, 0) is 48.6 Å². The first-order valence-corrected chi connectivity index (χ1v) is 9.00. The first kappa shape index (κ1) is 16.9. The Morgan fingerprint density at radius 1 is 1.19 bits per heavy atom. The van der Waals surface area contributed by atoms with Crippen molar-refractivity contribution in [3.05, 3.63) is 59.2 Å². The van der Waals surface area contributed by atoms with Crippen LogP contribution in [-0.2, 0) is 16.8 Å². The van der Waals surface area contributed by atoms with Crippen molar-refractivity contribution in [2.24, 2.45) is 0 Å². The molecule has 4 rings (SSSR count). The fraction of sp³-hybridized carbons (Fsp3) is 0.381. The van der Waals surface area contributed by atoms with Crippen molar-refractivity contribution in [2.45, 2.75) is 31.8 Å². The van der Waals surface area contributed by atoms with Crippen LogP contribution in [0.2, 0.25) is 0 Å². The Morgan fingerprint density at radius 2 is 2.00 bits per heavy atom. The summed E-state index contributed by atoms with van der Waals surface area (Å²) in [7, 11) is 0. The number of likely N-dealkylation sites (tertiary alicyclic amines) is 1. The van der Waals surface area contributed by atoms with Gasteiger partial charge in [0.2, 0.25) is 12.7 Å². The standard InChI is InChI=1S/C21H23NO4/c1-15-4-2-3-5-17(15)21(24)10-11-22(13-21)20(23)9-7-16-6-8-18-19(12-16)26-14-25-18/h2-6,8,12,24H,7,9-11,13-14H2,1H3/t21-/m0/s1. The summed E-state index contributed by atoms with van der Waals surface area (Å²) < 4.78 is 10.7. The van der Waals surface area contributed by atoms with E-state index in [1.54, 1.807) is 4.90 Å². The van der Waals surface area contributed by atoms with Crippen LogP contribution in [0.15, 0.2) is 42.5 Å². The number of aliphatic hydroxyl groups is 1. The van der Waals surface area contributed by atoms with Crippen LogP contribution in [-0.4, -0.2) is 35.8 Å². The third-order valence-corrected chi connectivity index (χ3v) is 5.31. The normalized spacial score (nSPS) is 21.2. The van der Waals surface area contributed by atoms with Crippen LogP contribution in [0.5, 0.6) is 11.5 Å². The molecule has 2 aromatic rings. The van der Waals surface area contributed by atoms with E-state index in [9.17, 15) is 9.90 Å². The van der Waals surface area contributed by atoms with Crippen LogP contribution >= 0.6 is 0 Å². The molecule has 1 N–H and O–H groups in total. The molecule has 0 spiro atoms. The molecule has 0 unspecified atom stereocenters. The van der Waals surface area contributed by atoms with E-state index in [0.29, 0.717) is 32.4 Å². The van der Waals surface area contributed by atoms with Gasteiger partial charge in [0.1, 0.15) is 5.60 Å². The predicted octanol–water partition coefficient (Wildman–Crippen LogP) is 2.78. The highest BCUT2D eigenvalue weighted by molar-refractivity contribution is 5.77. The Bertz CT molecular complexity index is 835. The number of amides is 1. The molecular weight excluding hydrogens is 330 g/mol. The lowest BCUT2D eigenvalue weighted by molar-refractivity contribution is -0.131. The number of fused-ring (bicyclic) bond motifs is 1. The molecule has 1 atom stereocenters. The van der Waals surface area contributed by atoms with Crippen LogP contribution in [0, 0.1) is 6.92 Å². The van der Waals surface area contributed by atoms with Crippen LogP contribution < -0.4 is 9.47 Å². The lowest BCUT2D eigenvalue weighted by Gasteiger charge is -2.25. The summed E-state index contributed by atoms with van der Waals surface area (Å²) in [6, 6.07) is 13.6. The second kappa shape index (κ2) is 6.65. The van der Waals surface area contributed by atoms with Gasteiger partial charge in [0.25, 0.3) is 0 Å². The maximum Gasteiger partial charge on any atom is 0.231 e. The number of carbonyl (C=O) groups excluding carboxylic acids is 1. The zero-order valence-electron chi connectivity index (χ0n) is 14.9. The highest BCUT2D eigenvalue weighted by Gasteiger charge is 2.40. The minimum Gasteiger partial charge on any atom is -0.454 e. The molecule has 26 heavy (non-hydrogen) atoms. The van der Waals surface area contributed by atoms with Crippen molar-refractivity contribution < 1.29 is 19.4 Å². The number of aryl methyl sites for hydroxylation is 2. The maximum atomic E-state index is 12.6. The van der Waals surface area contributed by atoms with Crippen molar-refractivity contribution in [2.75, 3.05) is 19.9 Å². The van der Waals surface area contributed by atoms with E-state index < -0.39 is 5.60 Å². The number of hydrogen-bond donors (Lipinski definition) is 1. The average Bonchev–Trinajstić information content (AvgIpc) is 3.27. The molecule has 136 valence electrons. The summed E-state index contributed by atoms with van der Waals surface area (Å²) in [5, 5.41) is 11.0. The number of ether oxygens (including phenoxy) is 2. The second-order valence-corrected chi connectivity index (χ2v) is 7.10. The van der Waals surface area contributed by atoms with Gasteiger partial charge in [-0.1, -0.05) is 30.3 Å². The molecule has 0 aromatic heterocycles. The molecule has 0 saturated carbocycles. The summed E-state index contributed by atoms with van der Waals surface area (Å²) in [6.07, 6.45) is 1.64. The molecule has 2 aromatic carbocycles. The number of carbonyl (C=O) groups is 1. The van der Waals surface area contributed by atoms with Gasteiger partial charge < -0.3 is 19.5 Å². The Kier molecular flexibility index (Phi) is 4.32. The lowest BCUT2D eigenvalue weighted by Crippen LogP contribution is -2.34. The van der Waals surface area contributed by atoms with Crippen LogP contribution in [0.4, 0.5) is 0 Å². The van der Waals surface area contributed by atoms with Crippen molar-refractivity contribution in [3.63, 3.8) is 0 Å². The fourth-order valence-corrected chi connectivity index (χ4v) is 3.83. The van der Waals surface area contributed by atoms with Crippen LogP contribution in [0.1, 0.15) is 29.5 Å². The third kappa shape index (κ3) is 3.15. The second-order valence-electron chi connectivity index (χ2n) is 7.10. The molecule has 2 aliphatic rings. The van der Waals surface area contributed by atoms with E-state index in [0.717, 1.165) is 28.2 Å². The molecule has 0 bridgehead atoms. The maximum absolute atomic E-state index is 12.6. The Balaban J connectivity index is 1.38. The SMILES string of the molecule is Cc1ccccc1[C@]1(O)CCN(C(=O)CCc2ccc3c(c2)OCO3)C1. The van der Waals surface area contributed by atoms with E-state index in [-0.39, 0.29) is 12.7 Å². The Hall–Kier alpha value is -2.53. The summed E-state index contributed by atoms with van der Waals surface area (Å²) >= 11 is 0. The Labute approximate surface area is 153 Å². The molecule has 1 fully saturated rings. The molecule has 2 heterocycles. The van der Waals surface area contributed by atoms with Gasteiger partial charge in [-0.3, -0.25) is 4.79 Å². The summed E-state index contributed by atoms with van der Waals surface area (Å²) in [6.45, 7) is 3.20. The van der Waals surface area contributed by atoms with E-state index in [2.05, 4.69) is 0 Å². The number of hydrogen-bond acceptors (Lipinski definition) is 4. The highest BCUT2D eigenvalue weighted by atomic mass is 16.7. The number of benzene rings is 2. The molecule has 0 radical (unpaired) electrons. The number of β-amino-alcohol motifs (C(OH)–C–C–N with tert-alkyl or cyclic N) is 1. The summed E-state index contributed by atoms with van der Waals surface area (Å²) in [5.74, 6) is 1.57. The largest absolute Gasteiger partial charge is 0.454 e. The zero-order chi connectivity index (χ0) is 18.1. The molecule has 2 aliphatic heterocycles. The Morgan fingerprint density at radius 3 is 2.85 bits per heavy atom. The first-order chi connectivity index (χ1) is 12.5. The molecule has 5 nitrogen and oxygen atoms in total. The minimum atomic E-state index is -0.945.